The van der Waals surface area contributed by atoms with Crippen molar-refractivity contribution >= 4 is 27.3 Å². The number of rotatable bonds is 6. The maximum absolute atomic E-state index is 11.8. The minimum Gasteiger partial charge on any atom is -0.258 e. The minimum atomic E-state index is -3.83. The van der Waals surface area contributed by atoms with Crippen molar-refractivity contribution in [3.8, 4) is 6.07 Å². The molecule has 1 aromatic rings. The zero-order valence-electron chi connectivity index (χ0n) is 9.67. The Morgan fingerprint density at radius 1 is 1.47 bits per heavy atom. The van der Waals surface area contributed by atoms with Gasteiger partial charge in [-0.15, -0.1) is 0 Å². The standard InChI is InChI=1S/C10H10ClN3O4S/c11-9-7-8(14(15)16)3-4-10(9)19(17,18)13-6-2-1-5-12/h3-4,7,13H,1-2,6H2. The van der Waals surface area contributed by atoms with Crippen molar-refractivity contribution in [2.45, 2.75) is 17.7 Å². The molecule has 0 aromatic heterocycles. The molecule has 0 atom stereocenters. The van der Waals surface area contributed by atoms with Gasteiger partial charge in [0, 0.05) is 25.1 Å². The third-order valence-electron chi connectivity index (χ3n) is 2.17. The Balaban J connectivity index is 2.90. The average molecular weight is 304 g/mol. The van der Waals surface area contributed by atoms with Gasteiger partial charge in [0.2, 0.25) is 10.0 Å². The first-order valence-electron chi connectivity index (χ1n) is 5.19. The fraction of sp³-hybridized carbons (Fsp3) is 0.300. The molecule has 102 valence electrons. The number of nitrogens with one attached hydrogen (secondary N) is 1. The molecule has 1 N–H and O–H groups in total. The summed E-state index contributed by atoms with van der Waals surface area (Å²) < 4.78 is 26.0. The number of unbranched alkanes of at least 4 members (excludes halogenated alkanes) is 1. The summed E-state index contributed by atoms with van der Waals surface area (Å²) in [6, 6.07) is 5.01. The first-order chi connectivity index (χ1) is 8.88. The molecule has 0 aliphatic carbocycles. The van der Waals surface area contributed by atoms with E-state index in [2.05, 4.69) is 4.72 Å². The summed E-state index contributed by atoms with van der Waals surface area (Å²) in [6.07, 6.45) is 0.608. The predicted octanol–water partition coefficient (Wildman–Crippen LogP) is 1.83. The Hall–Kier alpha value is -1.69. The molecule has 0 fully saturated rings. The highest BCUT2D eigenvalue weighted by Gasteiger charge is 2.19. The van der Waals surface area contributed by atoms with Crippen LogP contribution < -0.4 is 4.72 Å². The van der Waals surface area contributed by atoms with Gasteiger partial charge < -0.3 is 0 Å². The number of nitrogens with zero attached hydrogens (tertiary/aromatic N) is 2. The Morgan fingerprint density at radius 2 is 2.16 bits per heavy atom. The molecule has 7 nitrogen and oxygen atoms in total. The van der Waals surface area contributed by atoms with E-state index in [1.165, 1.54) is 0 Å². The highest BCUT2D eigenvalue weighted by atomic mass is 35.5. The van der Waals surface area contributed by atoms with E-state index in [4.69, 9.17) is 16.9 Å². The van der Waals surface area contributed by atoms with Gasteiger partial charge in [0.05, 0.1) is 16.0 Å². The van der Waals surface area contributed by atoms with E-state index in [-0.39, 0.29) is 28.6 Å². The number of benzene rings is 1. The molecule has 19 heavy (non-hydrogen) atoms. The molecule has 0 radical (unpaired) electrons. The van der Waals surface area contributed by atoms with Crippen LogP contribution in [0.25, 0.3) is 0 Å². The first kappa shape index (κ1) is 15.4. The minimum absolute atomic E-state index is 0.100. The molecule has 9 heteroatoms. The Morgan fingerprint density at radius 3 is 2.68 bits per heavy atom. The zero-order chi connectivity index (χ0) is 14.5. The summed E-state index contributed by atoms with van der Waals surface area (Å²) >= 11 is 5.72. The fourth-order valence-corrected chi connectivity index (χ4v) is 2.88. The molecule has 0 amide bonds. The van der Waals surface area contributed by atoms with E-state index in [0.717, 1.165) is 18.2 Å². The van der Waals surface area contributed by atoms with Gasteiger partial charge >= 0.3 is 0 Å². The second-order valence-electron chi connectivity index (χ2n) is 3.53. The van der Waals surface area contributed by atoms with Crippen molar-refractivity contribution in [3.05, 3.63) is 33.3 Å². The third-order valence-corrected chi connectivity index (χ3v) is 4.12. The molecule has 0 aliphatic heterocycles. The molecule has 0 bridgehead atoms. The van der Waals surface area contributed by atoms with Gasteiger partial charge in [0.1, 0.15) is 4.90 Å². The summed E-state index contributed by atoms with van der Waals surface area (Å²) in [5.74, 6) is 0. The van der Waals surface area contributed by atoms with Crippen molar-refractivity contribution < 1.29 is 13.3 Å². The molecule has 0 saturated heterocycles. The lowest BCUT2D eigenvalue weighted by Crippen LogP contribution is -2.25. The van der Waals surface area contributed by atoms with E-state index in [1.54, 1.807) is 0 Å². The van der Waals surface area contributed by atoms with Crippen LogP contribution in [0.4, 0.5) is 5.69 Å². The number of nitro benzene ring substituents is 1. The molecule has 0 heterocycles. The van der Waals surface area contributed by atoms with Crippen LogP contribution in [0, 0.1) is 21.4 Å². The number of nitriles is 1. The summed E-state index contributed by atoms with van der Waals surface area (Å²) in [5, 5.41) is 18.6. The Kier molecular flexibility index (Phi) is 5.23. The summed E-state index contributed by atoms with van der Waals surface area (Å²) in [4.78, 5) is 9.62. The van der Waals surface area contributed by atoms with Gasteiger partial charge in [-0.1, -0.05) is 11.6 Å². The van der Waals surface area contributed by atoms with E-state index in [0.29, 0.717) is 6.42 Å². The van der Waals surface area contributed by atoms with Crippen molar-refractivity contribution in [2.75, 3.05) is 6.54 Å². The Labute approximate surface area is 115 Å². The van der Waals surface area contributed by atoms with Gasteiger partial charge in [0.15, 0.2) is 0 Å². The Bertz CT molecular complexity index is 624. The molecule has 0 aliphatic rings. The molecule has 1 rings (SSSR count). The highest BCUT2D eigenvalue weighted by molar-refractivity contribution is 7.89. The maximum Gasteiger partial charge on any atom is 0.271 e. The number of non-ortho nitro benzene ring substituents is 1. The van der Waals surface area contributed by atoms with Gasteiger partial charge in [-0.3, -0.25) is 10.1 Å². The number of hydrogen-bond acceptors (Lipinski definition) is 5. The van der Waals surface area contributed by atoms with Crippen LogP contribution >= 0.6 is 11.6 Å². The van der Waals surface area contributed by atoms with Crippen molar-refractivity contribution in [2.24, 2.45) is 0 Å². The smallest absolute Gasteiger partial charge is 0.258 e. The van der Waals surface area contributed by atoms with Crippen LogP contribution in [0.1, 0.15) is 12.8 Å². The second-order valence-corrected chi connectivity index (χ2v) is 5.67. The molecule has 1 aromatic carbocycles. The van der Waals surface area contributed by atoms with E-state index in [9.17, 15) is 18.5 Å². The average Bonchev–Trinajstić information content (AvgIpc) is 2.34. The van der Waals surface area contributed by atoms with Gasteiger partial charge in [0.25, 0.3) is 5.69 Å². The topological polar surface area (TPSA) is 113 Å². The maximum atomic E-state index is 11.8. The molecular formula is C10H10ClN3O4S. The van der Waals surface area contributed by atoms with Crippen molar-refractivity contribution in [1.82, 2.24) is 4.72 Å². The summed E-state index contributed by atoms with van der Waals surface area (Å²) in [6.45, 7) is 0.100. The number of halogens is 1. The van der Waals surface area contributed by atoms with Crippen molar-refractivity contribution in [1.29, 1.82) is 5.26 Å². The normalized spacial score (nSPS) is 10.9. The summed E-state index contributed by atoms with van der Waals surface area (Å²) in [7, 11) is -3.83. The predicted molar refractivity (Wildman–Crippen MR) is 68.1 cm³/mol. The lowest BCUT2D eigenvalue weighted by atomic mass is 10.3. The van der Waals surface area contributed by atoms with Crippen LogP contribution in [-0.4, -0.2) is 19.9 Å². The quantitative estimate of drug-likeness (QED) is 0.489. The molecule has 0 saturated carbocycles. The van der Waals surface area contributed by atoms with E-state index < -0.39 is 14.9 Å². The van der Waals surface area contributed by atoms with Crippen LogP contribution in [0.2, 0.25) is 5.02 Å². The van der Waals surface area contributed by atoms with Crippen LogP contribution in [0.5, 0.6) is 0 Å². The van der Waals surface area contributed by atoms with Crippen LogP contribution in [0.3, 0.4) is 0 Å². The van der Waals surface area contributed by atoms with Crippen molar-refractivity contribution in [3.63, 3.8) is 0 Å². The van der Waals surface area contributed by atoms with Gasteiger partial charge in [-0.25, -0.2) is 13.1 Å². The largest absolute Gasteiger partial charge is 0.271 e. The molecular weight excluding hydrogens is 294 g/mol. The van der Waals surface area contributed by atoms with E-state index >= 15 is 0 Å². The van der Waals surface area contributed by atoms with Crippen LogP contribution in [0.15, 0.2) is 23.1 Å². The fourth-order valence-electron chi connectivity index (χ4n) is 1.27. The first-order valence-corrected chi connectivity index (χ1v) is 7.05. The van der Waals surface area contributed by atoms with Gasteiger partial charge in [-0.2, -0.15) is 5.26 Å². The number of nitro groups is 1. The monoisotopic (exact) mass is 303 g/mol. The van der Waals surface area contributed by atoms with E-state index in [1.807, 2.05) is 6.07 Å². The van der Waals surface area contributed by atoms with Crippen LogP contribution in [-0.2, 0) is 10.0 Å². The second kappa shape index (κ2) is 6.47. The zero-order valence-corrected chi connectivity index (χ0v) is 11.2. The lowest BCUT2D eigenvalue weighted by Gasteiger charge is -2.07. The summed E-state index contributed by atoms with van der Waals surface area (Å²) in [5.41, 5.74) is -0.284. The van der Waals surface area contributed by atoms with Gasteiger partial charge in [-0.05, 0) is 12.5 Å². The third kappa shape index (κ3) is 4.17. The molecule has 0 unspecified atom stereocenters. The number of hydrogen-bond donors (Lipinski definition) is 1. The SMILES string of the molecule is N#CCCCNS(=O)(=O)c1ccc([N+](=O)[O-])cc1Cl. The highest BCUT2D eigenvalue weighted by Crippen LogP contribution is 2.25. The number of sulfonamides is 1. The lowest BCUT2D eigenvalue weighted by molar-refractivity contribution is -0.384. The molecule has 0 spiro atoms.